The Bertz CT molecular complexity index is 1530. The Labute approximate surface area is 218 Å². The van der Waals surface area contributed by atoms with Crippen LogP contribution in [0.25, 0.3) is 0 Å². The molecule has 190 valence electrons. The van der Waals surface area contributed by atoms with Gasteiger partial charge in [-0.2, -0.15) is 0 Å². The maximum atomic E-state index is 13.3. The van der Waals surface area contributed by atoms with Gasteiger partial charge in [-0.3, -0.25) is 4.79 Å². The number of rotatable bonds is 5. The van der Waals surface area contributed by atoms with Crippen LogP contribution in [0.2, 0.25) is 0 Å². The van der Waals surface area contributed by atoms with Gasteiger partial charge in [0, 0.05) is 34.5 Å². The molecule has 0 fully saturated rings. The van der Waals surface area contributed by atoms with Gasteiger partial charge in [-0.1, -0.05) is 0 Å². The van der Waals surface area contributed by atoms with E-state index < -0.39 is 0 Å². The average molecular weight is 495 g/mol. The van der Waals surface area contributed by atoms with Gasteiger partial charge in [0.2, 0.25) is 5.78 Å². The topological polar surface area (TPSA) is 132 Å². The summed E-state index contributed by atoms with van der Waals surface area (Å²) in [5.74, 6) is -0.162. The number of nitrogen functional groups attached to an aromatic ring is 3. The van der Waals surface area contributed by atoms with Crippen LogP contribution in [0.15, 0.2) is 64.9 Å². The third-order valence-corrected chi connectivity index (χ3v) is 7.34. The maximum Gasteiger partial charge on any atom is 0.204 e. The Hall–Kier alpha value is -4.52. The summed E-state index contributed by atoms with van der Waals surface area (Å²) in [6.45, 7) is 11.9. The number of carbonyl (C=O) groups is 1. The zero-order valence-electron chi connectivity index (χ0n) is 22.2. The highest BCUT2D eigenvalue weighted by molar-refractivity contribution is 6.24. The molecule has 37 heavy (non-hydrogen) atoms. The molecule has 0 spiro atoms. The van der Waals surface area contributed by atoms with Crippen molar-refractivity contribution < 1.29 is 4.79 Å². The van der Waals surface area contributed by atoms with Crippen molar-refractivity contribution in [1.82, 2.24) is 0 Å². The fourth-order valence-corrected chi connectivity index (χ4v) is 4.18. The fourth-order valence-electron chi connectivity index (χ4n) is 4.18. The van der Waals surface area contributed by atoms with Crippen molar-refractivity contribution >= 4 is 45.6 Å². The molecule has 0 amide bonds. The minimum absolute atomic E-state index is 0.162. The Morgan fingerprint density at radius 1 is 0.568 bits per heavy atom. The van der Waals surface area contributed by atoms with E-state index in [0.717, 1.165) is 56.1 Å². The summed E-state index contributed by atoms with van der Waals surface area (Å²) in [5, 5.41) is 6.71. The second-order valence-electron chi connectivity index (χ2n) is 9.56. The highest BCUT2D eigenvalue weighted by Gasteiger charge is 2.22. The second-order valence-corrected chi connectivity index (χ2v) is 9.56. The summed E-state index contributed by atoms with van der Waals surface area (Å²) >= 11 is 0. The van der Waals surface area contributed by atoms with Gasteiger partial charge in [0.05, 0.1) is 22.8 Å². The normalized spacial score (nSPS) is 14.4. The van der Waals surface area contributed by atoms with E-state index in [1.165, 1.54) is 0 Å². The van der Waals surface area contributed by atoms with Crippen LogP contribution in [0.3, 0.4) is 0 Å². The van der Waals surface area contributed by atoms with E-state index in [1.54, 1.807) is 12.2 Å². The first kappa shape index (κ1) is 25.6. The largest absolute Gasteiger partial charge is 0.399 e. The molecule has 1 aliphatic carbocycles. The number of carbonyl (C=O) groups excluding carboxylic acids is 1. The smallest absolute Gasteiger partial charge is 0.204 e. The number of hydrogen-bond donors (Lipinski definition) is 5. The van der Waals surface area contributed by atoms with Gasteiger partial charge in [0.15, 0.2) is 0 Å². The molecule has 0 saturated heterocycles. The lowest BCUT2D eigenvalue weighted by Crippen LogP contribution is -2.22. The molecule has 0 heterocycles. The predicted octanol–water partition coefficient (Wildman–Crippen LogP) is 5.93. The van der Waals surface area contributed by atoms with Gasteiger partial charge in [-0.25, -0.2) is 4.99 Å². The van der Waals surface area contributed by atoms with Crippen molar-refractivity contribution in [3.63, 3.8) is 0 Å². The fraction of sp³-hybridized carbons (Fsp3) is 0.200. The quantitative estimate of drug-likeness (QED) is 0.221. The molecule has 1 aliphatic rings. The highest BCUT2D eigenvalue weighted by atomic mass is 16.1. The van der Waals surface area contributed by atoms with Gasteiger partial charge in [-0.05, 0) is 117 Å². The van der Waals surface area contributed by atoms with Crippen molar-refractivity contribution in [1.29, 1.82) is 0 Å². The third-order valence-electron chi connectivity index (χ3n) is 7.34. The van der Waals surface area contributed by atoms with E-state index in [1.807, 2.05) is 77.9 Å². The molecule has 7 heteroatoms. The zero-order chi connectivity index (χ0) is 27.0. The van der Waals surface area contributed by atoms with Crippen LogP contribution < -0.4 is 27.8 Å². The van der Waals surface area contributed by atoms with E-state index in [9.17, 15) is 4.79 Å². The third kappa shape index (κ3) is 4.93. The molecule has 4 rings (SSSR count). The second kappa shape index (κ2) is 9.85. The first-order chi connectivity index (χ1) is 17.5. The SMILES string of the molecule is Cc1c(N)ccc(/N=C2\C=C(Nc3ccc(N)c(C)c3C)C(=O)C=C2Nc2ccc(N)c(C)c2C)c1C. The minimum Gasteiger partial charge on any atom is -0.399 e. The zero-order valence-corrected chi connectivity index (χ0v) is 22.2. The Morgan fingerprint density at radius 3 is 1.57 bits per heavy atom. The van der Waals surface area contributed by atoms with Crippen LogP contribution in [0.5, 0.6) is 0 Å². The summed E-state index contributed by atoms with van der Waals surface area (Å²) in [6, 6.07) is 11.2. The summed E-state index contributed by atoms with van der Waals surface area (Å²) in [4.78, 5) is 18.2. The van der Waals surface area contributed by atoms with E-state index >= 15 is 0 Å². The van der Waals surface area contributed by atoms with Crippen molar-refractivity contribution in [2.24, 2.45) is 4.99 Å². The van der Waals surface area contributed by atoms with Crippen molar-refractivity contribution in [3.05, 3.63) is 93.3 Å². The molecule has 0 unspecified atom stereocenters. The van der Waals surface area contributed by atoms with E-state index in [-0.39, 0.29) is 5.78 Å². The molecule has 3 aromatic carbocycles. The number of allylic oxidation sites excluding steroid dienone is 2. The number of anilines is 5. The summed E-state index contributed by atoms with van der Waals surface area (Å²) in [5.41, 5.74) is 30.4. The van der Waals surface area contributed by atoms with E-state index in [2.05, 4.69) is 10.6 Å². The summed E-state index contributed by atoms with van der Waals surface area (Å²) in [7, 11) is 0. The lowest BCUT2D eigenvalue weighted by molar-refractivity contribution is -0.111. The Balaban J connectivity index is 1.80. The van der Waals surface area contributed by atoms with Crippen LogP contribution in [-0.4, -0.2) is 11.5 Å². The van der Waals surface area contributed by atoms with Crippen LogP contribution in [0.1, 0.15) is 33.4 Å². The van der Waals surface area contributed by atoms with Gasteiger partial charge in [0.25, 0.3) is 0 Å². The number of nitrogens with one attached hydrogen (secondary N) is 2. The molecule has 0 aliphatic heterocycles. The predicted molar refractivity (Wildman–Crippen MR) is 156 cm³/mol. The summed E-state index contributed by atoms with van der Waals surface area (Å²) < 4.78 is 0. The van der Waals surface area contributed by atoms with Crippen LogP contribution >= 0.6 is 0 Å². The lowest BCUT2D eigenvalue weighted by Gasteiger charge is -2.21. The number of nitrogens with two attached hydrogens (primary N) is 3. The molecule has 0 radical (unpaired) electrons. The minimum atomic E-state index is -0.162. The molecule has 0 saturated carbocycles. The molecule has 3 aromatic rings. The van der Waals surface area contributed by atoms with Gasteiger partial charge in [0.1, 0.15) is 0 Å². The standard InChI is InChI=1S/C30H34N6O/c1-15-18(4)24(10-7-21(15)31)34-27-13-29(36-26-12-9-23(33)17(3)20(26)6)30(37)14-28(27)35-25-11-8-22(32)16(2)19(25)5/h7-14,35-36H,31-33H2,1-6H3/b34-27+. The van der Waals surface area contributed by atoms with Crippen molar-refractivity contribution in [2.45, 2.75) is 41.5 Å². The average Bonchev–Trinajstić information content (AvgIpc) is 2.87. The van der Waals surface area contributed by atoms with Crippen LogP contribution in [0, 0.1) is 41.5 Å². The molecular weight excluding hydrogens is 460 g/mol. The highest BCUT2D eigenvalue weighted by Crippen LogP contribution is 2.31. The number of aliphatic imine (C=N–C) groups is 1. The van der Waals surface area contributed by atoms with Gasteiger partial charge < -0.3 is 27.8 Å². The summed E-state index contributed by atoms with van der Waals surface area (Å²) in [6.07, 6.45) is 3.35. The molecular formula is C30H34N6O. The molecule has 7 nitrogen and oxygen atoms in total. The monoisotopic (exact) mass is 494 g/mol. The maximum absolute atomic E-state index is 13.3. The van der Waals surface area contributed by atoms with Crippen molar-refractivity contribution in [3.8, 4) is 0 Å². The number of ketones is 1. The molecule has 8 N–H and O–H groups in total. The number of nitrogens with zero attached hydrogens (tertiary/aromatic N) is 1. The lowest BCUT2D eigenvalue weighted by atomic mass is 10.0. The first-order valence-electron chi connectivity index (χ1n) is 12.2. The van der Waals surface area contributed by atoms with Crippen molar-refractivity contribution in [2.75, 3.05) is 27.8 Å². The number of hydrogen-bond acceptors (Lipinski definition) is 7. The Kier molecular flexibility index (Phi) is 6.81. The molecule has 0 aromatic heterocycles. The van der Waals surface area contributed by atoms with E-state index in [4.69, 9.17) is 22.2 Å². The van der Waals surface area contributed by atoms with E-state index in [0.29, 0.717) is 28.5 Å². The van der Waals surface area contributed by atoms with Gasteiger partial charge >= 0.3 is 0 Å². The molecule has 0 bridgehead atoms. The Morgan fingerprint density at radius 2 is 1.03 bits per heavy atom. The first-order valence-corrected chi connectivity index (χ1v) is 12.2. The van der Waals surface area contributed by atoms with Gasteiger partial charge in [-0.15, -0.1) is 0 Å². The number of benzene rings is 3. The van der Waals surface area contributed by atoms with Crippen LogP contribution in [-0.2, 0) is 4.79 Å². The van der Waals surface area contributed by atoms with Crippen LogP contribution in [0.4, 0.5) is 34.1 Å². The molecule has 0 atom stereocenters.